The standard InChI is InChI=1S/C23H30N4O2/c1-19(20-5-3-2-4-6-20)24-13-11-22(12-14-24)26-17-15-25(16-18-26)21-7-9-23(10-8-21)27(28)29/h2-10,19,22H,11-18H2,1H3. The molecule has 2 heterocycles. The van der Waals surface area contributed by atoms with Crippen LogP contribution in [-0.4, -0.2) is 60.0 Å². The molecule has 0 N–H and O–H groups in total. The Labute approximate surface area is 172 Å². The van der Waals surface area contributed by atoms with Gasteiger partial charge in [0.15, 0.2) is 0 Å². The Hall–Kier alpha value is -2.44. The Kier molecular flexibility index (Phi) is 6.11. The zero-order valence-corrected chi connectivity index (χ0v) is 17.1. The molecule has 6 nitrogen and oxygen atoms in total. The lowest BCUT2D eigenvalue weighted by atomic mass is 9.98. The fraction of sp³-hybridized carbons (Fsp3) is 0.478. The smallest absolute Gasteiger partial charge is 0.269 e. The fourth-order valence-corrected chi connectivity index (χ4v) is 4.71. The van der Waals surface area contributed by atoms with Crippen LogP contribution in [0.25, 0.3) is 0 Å². The van der Waals surface area contributed by atoms with E-state index in [1.807, 2.05) is 12.1 Å². The maximum Gasteiger partial charge on any atom is 0.269 e. The molecule has 2 aromatic rings. The second-order valence-corrected chi connectivity index (χ2v) is 8.15. The summed E-state index contributed by atoms with van der Waals surface area (Å²) in [6.45, 7) is 8.73. The summed E-state index contributed by atoms with van der Waals surface area (Å²) in [6.07, 6.45) is 2.46. The quantitative estimate of drug-likeness (QED) is 0.568. The minimum atomic E-state index is -0.341. The summed E-state index contributed by atoms with van der Waals surface area (Å²) < 4.78 is 0. The van der Waals surface area contributed by atoms with Crippen LogP contribution in [0.3, 0.4) is 0 Å². The van der Waals surface area contributed by atoms with Crippen LogP contribution in [0.4, 0.5) is 11.4 Å². The molecule has 2 aliphatic rings. The first-order valence-electron chi connectivity index (χ1n) is 10.6. The highest BCUT2D eigenvalue weighted by Crippen LogP contribution is 2.27. The summed E-state index contributed by atoms with van der Waals surface area (Å²) in [4.78, 5) is 18.1. The number of hydrogen-bond donors (Lipinski definition) is 0. The molecule has 0 radical (unpaired) electrons. The highest BCUT2D eigenvalue weighted by Gasteiger charge is 2.29. The molecule has 4 rings (SSSR count). The van der Waals surface area contributed by atoms with Crippen molar-refractivity contribution in [3.63, 3.8) is 0 Å². The molecule has 0 aromatic heterocycles. The van der Waals surface area contributed by atoms with Gasteiger partial charge >= 0.3 is 0 Å². The van der Waals surface area contributed by atoms with Gasteiger partial charge < -0.3 is 4.90 Å². The van der Waals surface area contributed by atoms with Crippen molar-refractivity contribution in [1.82, 2.24) is 9.80 Å². The van der Waals surface area contributed by atoms with E-state index in [1.54, 1.807) is 12.1 Å². The highest BCUT2D eigenvalue weighted by molar-refractivity contribution is 5.51. The summed E-state index contributed by atoms with van der Waals surface area (Å²) in [5.74, 6) is 0. The van der Waals surface area contributed by atoms with E-state index in [4.69, 9.17) is 0 Å². The maximum atomic E-state index is 10.8. The Morgan fingerprint density at radius 2 is 1.52 bits per heavy atom. The summed E-state index contributed by atoms with van der Waals surface area (Å²) in [5.41, 5.74) is 2.65. The number of likely N-dealkylation sites (tertiary alicyclic amines) is 1. The summed E-state index contributed by atoms with van der Waals surface area (Å²) in [7, 11) is 0. The first-order valence-corrected chi connectivity index (χ1v) is 10.6. The molecule has 0 amide bonds. The van der Waals surface area contributed by atoms with Crippen LogP contribution in [0.2, 0.25) is 0 Å². The SMILES string of the molecule is CC(c1ccccc1)N1CCC(N2CCN(c3ccc([N+](=O)[O-])cc3)CC2)CC1. The molecule has 0 aliphatic carbocycles. The molecule has 2 fully saturated rings. The second kappa shape index (κ2) is 8.93. The van der Waals surface area contributed by atoms with Crippen molar-refractivity contribution >= 4 is 11.4 Å². The molecule has 0 spiro atoms. The van der Waals surface area contributed by atoms with Crippen molar-refractivity contribution in [2.24, 2.45) is 0 Å². The monoisotopic (exact) mass is 394 g/mol. The van der Waals surface area contributed by atoms with E-state index in [1.165, 1.54) is 18.4 Å². The predicted octanol–water partition coefficient (Wildman–Crippen LogP) is 3.94. The van der Waals surface area contributed by atoms with Gasteiger partial charge in [0.25, 0.3) is 5.69 Å². The minimum absolute atomic E-state index is 0.156. The van der Waals surface area contributed by atoms with Crippen LogP contribution >= 0.6 is 0 Å². The van der Waals surface area contributed by atoms with Gasteiger partial charge in [0.05, 0.1) is 4.92 Å². The average molecular weight is 395 g/mol. The van der Waals surface area contributed by atoms with Crippen LogP contribution < -0.4 is 4.90 Å². The number of piperidine rings is 1. The zero-order valence-electron chi connectivity index (χ0n) is 17.1. The Bertz CT molecular complexity index is 795. The number of nitrogens with zero attached hydrogens (tertiary/aromatic N) is 4. The number of nitro benzene ring substituents is 1. The topological polar surface area (TPSA) is 52.9 Å². The molecular weight excluding hydrogens is 364 g/mol. The van der Waals surface area contributed by atoms with Gasteiger partial charge in [-0.3, -0.25) is 19.9 Å². The average Bonchev–Trinajstić information content (AvgIpc) is 2.79. The molecule has 1 unspecified atom stereocenters. The first-order chi connectivity index (χ1) is 14.1. The fourth-order valence-electron chi connectivity index (χ4n) is 4.71. The van der Waals surface area contributed by atoms with Crippen molar-refractivity contribution in [1.29, 1.82) is 0 Å². The van der Waals surface area contributed by atoms with Crippen molar-refractivity contribution in [3.8, 4) is 0 Å². The lowest BCUT2D eigenvalue weighted by Crippen LogP contribution is -2.53. The van der Waals surface area contributed by atoms with E-state index in [-0.39, 0.29) is 10.6 Å². The molecule has 0 bridgehead atoms. The van der Waals surface area contributed by atoms with Crippen LogP contribution in [0.1, 0.15) is 31.4 Å². The molecule has 154 valence electrons. The Morgan fingerprint density at radius 1 is 0.897 bits per heavy atom. The van der Waals surface area contributed by atoms with Crippen molar-refractivity contribution in [2.45, 2.75) is 31.8 Å². The Morgan fingerprint density at radius 3 is 2.10 bits per heavy atom. The number of hydrogen-bond acceptors (Lipinski definition) is 5. The molecule has 0 saturated carbocycles. The number of nitro groups is 1. The summed E-state index contributed by atoms with van der Waals surface area (Å²) in [6, 6.07) is 18.9. The van der Waals surface area contributed by atoms with Gasteiger partial charge in [0, 0.05) is 69.2 Å². The van der Waals surface area contributed by atoms with Crippen LogP contribution in [0.5, 0.6) is 0 Å². The van der Waals surface area contributed by atoms with Gasteiger partial charge in [-0.2, -0.15) is 0 Å². The lowest BCUT2D eigenvalue weighted by Gasteiger charge is -2.44. The van der Waals surface area contributed by atoms with Crippen LogP contribution in [0, 0.1) is 10.1 Å². The van der Waals surface area contributed by atoms with Gasteiger partial charge in [-0.1, -0.05) is 30.3 Å². The normalized spacial score (nSPS) is 20.5. The van der Waals surface area contributed by atoms with Gasteiger partial charge in [-0.15, -0.1) is 0 Å². The minimum Gasteiger partial charge on any atom is -0.369 e. The summed E-state index contributed by atoms with van der Waals surface area (Å²) in [5, 5.41) is 10.8. The second-order valence-electron chi connectivity index (χ2n) is 8.15. The predicted molar refractivity (Wildman–Crippen MR) is 116 cm³/mol. The van der Waals surface area contributed by atoms with Crippen LogP contribution in [0.15, 0.2) is 54.6 Å². The molecule has 2 aliphatic heterocycles. The molecule has 1 atom stereocenters. The van der Waals surface area contributed by atoms with E-state index in [0.717, 1.165) is 45.0 Å². The number of non-ortho nitro benzene ring substituents is 1. The van der Waals surface area contributed by atoms with Gasteiger partial charge in [-0.05, 0) is 37.5 Å². The van der Waals surface area contributed by atoms with E-state index < -0.39 is 0 Å². The van der Waals surface area contributed by atoms with E-state index in [0.29, 0.717) is 12.1 Å². The van der Waals surface area contributed by atoms with Gasteiger partial charge in [-0.25, -0.2) is 0 Å². The summed E-state index contributed by atoms with van der Waals surface area (Å²) >= 11 is 0. The molecule has 29 heavy (non-hydrogen) atoms. The maximum absolute atomic E-state index is 10.8. The molecule has 6 heteroatoms. The lowest BCUT2D eigenvalue weighted by molar-refractivity contribution is -0.384. The van der Waals surface area contributed by atoms with Crippen molar-refractivity contribution in [2.75, 3.05) is 44.2 Å². The third kappa shape index (κ3) is 4.60. The molecule has 2 saturated heterocycles. The zero-order chi connectivity index (χ0) is 20.2. The number of benzene rings is 2. The molecular formula is C23H30N4O2. The number of piperazine rings is 1. The van der Waals surface area contributed by atoms with E-state index >= 15 is 0 Å². The number of anilines is 1. The highest BCUT2D eigenvalue weighted by atomic mass is 16.6. The van der Waals surface area contributed by atoms with Crippen molar-refractivity contribution in [3.05, 3.63) is 70.3 Å². The molecule has 2 aromatic carbocycles. The van der Waals surface area contributed by atoms with Crippen molar-refractivity contribution < 1.29 is 4.92 Å². The number of rotatable bonds is 5. The third-order valence-electron chi connectivity index (χ3n) is 6.59. The van der Waals surface area contributed by atoms with E-state index in [2.05, 4.69) is 52.0 Å². The van der Waals surface area contributed by atoms with E-state index in [9.17, 15) is 10.1 Å². The van der Waals surface area contributed by atoms with Gasteiger partial charge in [0.1, 0.15) is 0 Å². The third-order valence-corrected chi connectivity index (χ3v) is 6.59. The Balaban J connectivity index is 1.26. The van der Waals surface area contributed by atoms with Crippen LogP contribution in [-0.2, 0) is 0 Å². The first kappa shape index (κ1) is 19.9. The largest absolute Gasteiger partial charge is 0.369 e. The van der Waals surface area contributed by atoms with Gasteiger partial charge in [0.2, 0.25) is 0 Å².